The van der Waals surface area contributed by atoms with Crippen molar-refractivity contribution < 1.29 is 44.0 Å². The van der Waals surface area contributed by atoms with Crippen molar-refractivity contribution in [3.63, 3.8) is 0 Å². The van der Waals surface area contributed by atoms with Gasteiger partial charge >= 0.3 is 182 Å². The molecule has 0 aromatic heterocycles. The molecule has 4 rings (SSSR count). The minimum atomic E-state index is -0.204. The number of benzene rings is 2. The van der Waals surface area contributed by atoms with E-state index in [1.54, 1.807) is 11.1 Å². The summed E-state index contributed by atoms with van der Waals surface area (Å²) in [7, 11) is -0.0893. The Morgan fingerprint density at radius 1 is 0.833 bits per heavy atom. The molecule has 0 N–H and O–H groups in total. The fourth-order valence-electron chi connectivity index (χ4n) is 4.62. The first-order valence-electron chi connectivity index (χ1n) is 10.8. The van der Waals surface area contributed by atoms with Crippen molar-refractivity contribution in [2.24, 2.45) is 0 Å². The Kier molecular flexibility index (Phi) is 9.92. The molecule has 2 aromatic rings. The van der Waals surface area contributed by atoms with Gasteiger partial charge in [-0.2, -0.15) is 0 Å². The van der Waals surface area contributed by atoms with E-state index in [4.69, 9.17) is 0 Å². The molecule has 0 radical (unpaired) electrons. The van der Waals surface area contributed by atoms with Crippen molar-refractivity contribution in [3.05, 3.63) is 82.2 Å². The second kappa shape index (κ2) is 11.5. The van der Waals surface area contributed by atoms with E-state index in [1.165, 1.54) is 24.0 Å². The summed E-state index contributed by atoms with van der Waals surface area (Å²) in [5.74, 6) is 0. The summed E-state index contributed by atoms with van der Waals surface area (Å²) in [6, 6.07) is 18.3. The Labute approximate surface area is 205 Å². The van der Waals surface area contributed by atoms with Crippen molar-refractivity contribution >= 4 is 20.1 Å². The third-order valence-electron chi connectivity index (χ3n) is 6.48. The van der Waals surface area contributed by atoms with Crippen LogP contribution in [-0.2, 0) is 19.2 Å². The zero-order valence-electron chi connectivity index (χ0n) is 18.3. The molecule has 0 fully saturated rings. The average molecular weight is 493 g/mol. The quantitative estimate of drug-likeness (QED) is 0.409. The van der Waals surface area contributed by atoms with Gasteiger partial charge in [0.15, 0.2) is 0 Å². The van der Waals surface area contributed by atoms with Gasteiger partial charge in [0.25, 0.3) is 0 Å². The molecule has 4 heteroatoms. The van der Waals surface area contributed by atoms with Gasteiger partial charge in [0.05, 0.1) is 0 Å². The molecular weight excluding hydrogens is 462 g/mol. The van der Waals surface area contributed by atoms with Gasteiger partial charge in [-0.25, -0.2) is 0 Å². The van der Waals surface area contributed by atoms with Gasteiger partial charge in [0.1, 0.15) is 0 Å². The molecule has 0 amide bonds. The molecule has 0 aliphatic heterocycles. The minimum Gasteiger partial charge on any atom is -1.00 e. The summed E-state index contributed by atoms with van der Waals surface area (Å²) in [5.41, 5.74) is 7.76. The topological polar surface area (TPSA) is 0 Å². The van der Waals surface area contributed by atoms with Crippen LogP contribution >= 0.6 is 7.92 Å². The van der Waals surface area contributed by atoms with Crippen LogP contribution in [0.2, 0.25) is 0 Å². The fourth-order valence-corrected chi connectivity index (χ4v) is 11.7. The zero-order valence-corrected chi connectivity index (χ0v) is 22.2. The first kappa shape index (κ1) is 25.9. The summed E-state index contributed by atoms with van der Waals surface area (Å²) >= 11 is -0.204. The number of allylic oxidation sites excluding steroid dienone is 2. The molecule has 2 aliphatic carbocycles. The Hall–Kier alpha value is -0.356. The largest absolute Gasteiger partial charge is 1.00 e. The van der Waals surface area contributed by atoms with Gasteiger partial charge in [-0.1, -0.05) is 0 Å². The molecule has 4 atom stereocenters. The van der Waals surface area contributed by atoms with Crippen molar-refractivity contribution in [1.29, 1.82) is 0 Å². The van der Waals surface area contributed by atoms with E-state index in [0.717, 1.165) is 11.3 Å². The minimum absolute atomic E-state index is 0. The molecular formula is C26H31Cl2PTi. The zero-order chi connectivity index (χ0) is 19.7. The second-order valence-corrected chi connectivity index (χ2v) is 13.7. The van der Waals surface area contributed by atoms with Crippen molar-refractivity contribution in [3.8, 4) is 0 Å². The predicted octanol–water partition coefficient (Wildman–Crippen LogP) is 2.02. The number of halogens is 2. The molecule has 0 spiro atoms. The average Bonchev–Trinajstić information content (AvgIpc) is 3.30. The summed E-state index contributed by atoms with van der Waals surface area (Å²) in [6.07, 6.45) is 10.1. The number of rotatable bonds is 7. The molecule has 2 aromatic carbocycles. The number of hydrogen-bond donors (Lipinski definition) is 0. The van der Waals surface area contributed by atoms with Crippen LogP contribution in [0.3, 0.4) is 0 Å². The summed E-state index contributed by atoms with van der Waals surface area (Å²) in [5, 5.41) is 1.82. The first-order valence-corrected chi connectivity index (χ1v) is 14.0. The maximum atomic E-state index is 2.61. The second-order valence-electron chi connectivity index (χ2n) is 8.19. The Morgan fingerprint density at radius 2 is 1.40 bits per heavy atom. The van der Waals surface area contributed by atoms with Crippen molar-refractivity contribution in [2.45, 2.75) is 60.3 Å². The van der Waals surface area contributed by atoms with E-state index in [9.17, 15) is 0 Å². The SMILES string of the molecule is CCC(C)P(C1=Cc2ccccc2[CH]1[Ti+2][CH]1C=Cc2ccccc21)C(C)CC.[Cl-].[Cl-]. The summed E-state index contributed by atoms with van der Waals surface area (Å²) in [4.78, 5) is 0. The third-order valence-corrected chi connectivity index (χ3v) is 13.3. The maximum absolute atomic E-state index is 2.61. The summed E-state index contributed by atoms with van der Waals surface area (Å²) in [6.45, 7) is 9.77. The predicted molar refractivity (Wildman–Crippen MR) is 122 cm³/mol. The van der Waals surface area contributed by atoms with Gasteiger partial charge in [-0.05, 0) is 0 Å². The molecule has 158 valence electrons. The van der Waals surface area contributed by atoms with Crippen molar-refractivity contribution in [1.82, 2.24) is 0 Å². The van der Waals surface area contributed by atoms with Crippen LogP contribution in [-0.4, -0.2) is 11.3 Å². The van der Waals surface area contributed by atoms with Crippen LogP contribution in [0.25, 0.3) is 12.2 Å². The van der Waals surface area contributed by atoms with Crippen LogP contribution in [0.1, 0.15) is 71.2 Å². The molecule has 0 saturated heterocycles. The smallest absolute Gasteiger partial charge is 1.00 e. The Balaban J connectivity index is 0.00000160. The maximum Gasteiger partial charge on any atom is -1.00 e. The number of fused-ring (bicyclic) bond motifs is 2. The standard InChI is InChI=1S/C17H24P.C9H7.2ClH.Ti/c1-5-13(3)18(14(4)6-2)17-11-15-9-7-8-10-16(15)12-17;1-2-5-9-7-3-6-8(9)4-1;;;/h7-14H,5-6H2,1-4H3;1-7H;2*1H;/q;;;;+2/p-2. The van der Waals surface area contributed by atoms with E-state index < -0.39 is 0 Å². The van der Waals surface area contributed by atoms with Crippen LogP contribution in [0.15, 0.2) is 59.9 Å². The normalized spacial score (nSPS) is 21.3. The van der Waals surface area contributed by atoms with Gasteiger partial charge in [-0.3, -0.25) is 0 Å². The molecule has 4 unspecified atom stereocenters. The molecule has 0 heterocycles. The van der Waals surface area contributed by atoms with Gasteiger partial charge in [0.2, 0.25) is 0 Å². The molecule has 0 bridgehead atoms. The molecule has 30 heavy (non-hydrogen) atoms. The van der Waals surface area contributed by atoms with Crippen LogP contribution in [0.4, 0.5) is 0 Å². The van der Waals surface area contributed by atoms with Crippen LogP contribution < -0.4 is 24.8 Å². The van der Waals surface area contributed by atoms with E-state index >= 15 is 0 Å². The Morgan fingerprint density at radius 3 is 2.03 bits per heavy atom. The van der Waals surface area contributed by atoms with E-state index in [-0.39, 0.29) is 51.9 Å². The van der Waals surface area contributed by atoms with E-state index in [0.29, 0.717) is 8.45 Å². The monoisotopic (exact) mass is 492 g/mol. The first-order chi connectivity index (χ1) is 13.6. The van der Waals surface area contributed by atoms with E-state index in [1.807, 2.05) is 5.31 Å². The van der Waals surface area contributed by atoms with Gasteiger partial charge in [0, 0.05) is 0 Å². The summed E-state index contributed by atoms with van der Waals surface area (Å²) < 4.78 is 1.37. The molecule has 2 aliphatic rings. The van der Waals surface area contributed by atoms with Crippen LogP contribution in [0.5, 0.6) is 0 Å². The van der Waals surface area contributed by atoms with E-state index in [2.05, 4.69) is 94.5 Å². The molecule has 0 saturated carbocycles. The molecule has 0 nitrogen and oxygen atoms in total. The number of hydrogen-bond acceptors (Lipinski definition) is 0. The van der Waals surface area contributed by atoms with Gasteiger partial charge in [-0.15, -0.1) is 0 Å². The fraction of sp³-hybridized carbons (Fsp3) is 0.385. The third kappa shape index (κ3) is 5.00. The van der Waals surface area contributed by atoms with Crippen LogP contribution in [0, 0.1) is 0 Å². The van der Waals surface area contributed by atoms with Crippen molar-refractivity contribution in [2.75, 3.05) is 0 Å². The Bertz CT molecular complexity index is 897. The van der Waals surface area contributed by atoms with Gasteiger partial charge < -0.3 is 24.8 Å².